The molecule has 1 saturated heterocycles. The Hall–Kier alpha value is -0.400. The molecule has 0 aliphatic carbocycles. The SMILES string of the molecule is CCc1nc(C(C)NC(=O)C2(N)CCOCC2)cs1.Cl.Cl. The highest BCUT2D eigenvalue weighted by molar-refractivity contribution is 7.09. The van der Waals surface area contributed by atoms with Gasteiger partial charge in [0.05, 0.1) is 22.3 Å². The monoisotopic (exact) mass is 355 g/mol. The molecule has 1 unspecified atom stereocenters. The highest BCUT2D eigenvalue weighted by atomic mass is 35.5. The highest BCUT2D eigenvalue weighted by Crippen LogP contribution is 2.21. The van der Waals surface area contributed by atoms with Gasteiger partial charge in [-0.3, -0.25) is 4.79 Å². The van der Waals surface area contributed by atoms with E-state index in [-0.39, 0.29) is 36.8 Å². The minimum Gasteiger partial charge on any atom is -0.381 e. The van der Waals surface area contributed by atoms with Crippen molar-refractivity contribution < 1.29 is 9.53 Å². The number of ether oxygens (including phenoxy) is 1. The highest BCUT2D eigenvalue weighted by Gasteiger charge is 2.36. The fraction of sp³-hybridized carbons (Fsp3) is 0.692. The van der Waals surface area contributed by atoms with Crippen LogP contribution in [0.5, 0.6) is 0 Å². The van der Waals surface area contributed by atoms with Gasteiger partial charge in [0.15, 0.2) is 0 Å². The maximum absolute atomic E-state index is 12.3. The lowest BCUT2D eigenvalue weighted by Crippen LogP contribution is -2.57. The predicted molar refractivity (Wildman–Crippen MR) is 89.5 cm³/mol. The largest absolute Gasteiger partial charge is 0.381 e. The molecule has 1 aromatic rings. The molecule has 21 heavy (non-hydrogen) atoms. The van der Waals surface area contributed by atoms with E-state index in [9.17, 15) is 4.79 Å². The lowest BCUT2D eigenvalue weighted by molar-refractivity contribution is -0.130. The average Bonchev–Trinajstić information content (AvgIpc) is 2.88. The molecule has 1 fully saturated rings. The minimum atomic E-state index is -0.796. The van der Waals surface area contributed by atoms with Gasteiger partial charge in [-0.05, 0) is 26.2 Å². The molecule has 5 nitrogen and oxygen atoms in total. The zero-order chi connectivity index (χ0) is 13.9. The molecule has 2 heterocycles. The number of rotatable bonds is 4. The quantitative estimate of drug-likeness (QED) is 0.867. The fourth-order valence-corrected chi connectivity index (χ4v) is 2.90. The number of halogens is 2. The Kier molecular flexibility index (Phi) is 8.73. The standard InChI is InChI=1S/C13H21N3O2S.2ClH/c1-3-11-16-10(8-19-11)9(2)15-12(17)13(14)4-6-18-7-5-13;;/h8-9H,3-7,14H2,1-2H3,(H,15,17);2*1H. The summed E-state index contributed by atoms with van der Waals surface area (Å²) in [6.45, 7) is 5.11. The van der Waals surface area contributed by atoms with E-state index in [4.69, 9.17) is 10.5 Å². The third kappa shape index (κ3) is 5.07. The number of thiazole rings is 1. The Morgan fingerprint density at radius 1 is 1.52 bits per heavy atom. The molecule has 0 saturated carbocycles. The van der Waals surface area contributed by atoms with Gasteiger partial charge >= 0.3 is 0 Å². The van der Waals surface area contributed by atoms with E-state index in [1.807, 2.05) is 12.3 Å². The van der Waals surface area contributed by atoms with Gasteiger partial charge in [-0.2, -0.15) is 0 Å². The summed E-state index contributed by atoms with van der Waals surface area (Å²) in [5.74, 6) is -0.102. The van der Waals surface area contributed by atoms with E-state index in [2.05, 4.69) is 17.2 Å². The molecule has 1 aliphatic rings. The topological polar surface area (TPSA) is 77.2 Å². The molecule has 1 aliphatic heterocycles. The molecule has 1 aromatic heterocycles. The van der Waals surface area contributed by atoms with Crippen LogP contribution in [0.25, 0.3) is 0 Å². The van der Waals surface area contributed by atoms with Gasteiger partial charge in [-0.15, -0.1) is 36.2 Å². The number of carbonyl (C=O) groups is 1. The Morgan fingerprint density at radius 2 is 2.14 bits per heavy atom. The Morgan fingerprint density at radius 3 is 2.67 bits per heavy atom. The van der Waals surface area contributed by atoms with E-state index in [1.165, 1.54) is 0 Å². The number of hydrogen-bond donors (Lipinski definition) is 2. The van der Waals surface area contributed by atoms with E-state index >= 15 is 0 Å². The lowest BCUT2D eigenvalue weighted by atomic mass is 9.90. The van der Waals surface area contributed by atoms with Crippen LogP contribution in [-0.4, -0.2) is 29.6 Å². The Balaban J connectivity index is 0.00000200. The number of amides is 1. The molecular formula is C13H23Cl2N3O2S. The molecule has 122 valence electrons. The number of aromatic nitrogens is 1. The van der Waals surface area contributed by atoms with Crippen molar-refractivity contribution in [3.63, 3.8) is 0 Å². The summed E-state index contributed by atoms with van der Waals surface area (Å²) in [5, 5.41) is 6.05. The van der Waals surface area contributed by atoms with Crippen LogP contribution in [0.4, 0.5) is 0 Å². The summed E-state index contributed by atoms with van der Waals surface area (Å²) in [5.41, 5.74) is 6.26. The van der Waals surface area contributed by atoms with Crippen molar-refractivity contribution in [1.82, 2.24) is 10.3 Å². The van der Waals surface area contributed by atoms with E-state index in [1.54, 1.807) is 11.3 Å². The van der Waals surface area contributed by atoms with Crippen LogP contribution < -0.4 is 11.1 Å². The fourth-order valence-electron chi connectivity index (χ4n) is 2.06. The molecular weight excluding hydrogens is 333 g/mol. The molecule has 2 rings (SSSR count). The smallest absolute Gasteiger partial charge is 0.240 e. The second kappa shape index (κ2) is 8.90. The van der Waals surface area contributed by atoms with E-state index in [0.29, 0.717) is 26.1 Å². The van der Waals surface area contributed by atoms with E-state index < -0.39 is 5.54 Å². The van der Waals surface area contributed by atoms with Crippen molar-refractivity contribution in [3.05, 3.63) is 16.1 Å². The van der Waals surface area contributed by atoms with Gasteiger partial charge in [0.2, 0.25) is 5.91 Å². The summed E-state index contributed by atoms with van der Waals surface area (Å²) < 4.78 is 5.25. The first-order valence-electron chi connectivity index (χ1n) is 6.67. The number of nitrogens with zero attached hydrogens (tertiary/aromatic N) is 1. The third-order valence-corrected chi connectivity index (χ3v) is 4.51. The number of hydrogen-bond acceptors (Lipinski definition) is 5. The molecule has 0 bridgehead atoms. The molecule has 0 aromatic carbocycles. The van der Waals surface area contributed by atoms with Gasteiger partial charge in [-0.1, -0.05) is 6.92 Å². The molecule has 3 N–H and O–H groups in total. The molecule has 1 amide bonds. The molecule has 0 radical (unpaired) electrons. The maximum atomic E-state index is 12.3. The van der Waals surface area contributed by atoms with Crippen LogP contribution in [0.1, 0.15) is 43.4 Å². The first-order chi connectivity index (χ1) is 9.05. The lowest BCUT2D eigenvalue weighted by Gasteiger charge is -2.32. The van der Waals surface area contributed by atoms with Crippen molar-refractivity contribution in [2.45, 2.75) is 44.7 Å². The number of nitrogens with one attached hydrogen (secondary N) is 1. The van der Waals surface area contributed by atoms with Gasteiger partial charge in [0, 0.05) is 18.6 Å². The van der Waals surface area contributed by atoms with E-state index in [0.717, 1.165) is 17.1 Å². The van der Waals surface area contributed by atoms with Crippen LogP contribution in [0.3, 0.4) is 0 Å². The van der Waals surface area contributed by atoms with Gasteiger partial charge in [0.1, 0.15) is 0 Å². The van der Waals surface area contributed by atoms with Crippen molar-refractivity contribution in [1.29, 1.82) is 0 Å². The molecule has 1 atom stereocenters. The Bertz CT molecular complexity index is 450. The predicted octanol–water partition coefficient (Wildman–Crippen LogP) is 2.23. The summed E-state index contributed by atoms with van der Waals surface area (Å²) in [6.07, 6.45) is 2.06. The molecule has 8 heteroatoms. The summed E-state index contributed by atoms with van der Waals surface area (Å²) in [7, 11) is 0. The zero-order valence-corrected chi connectivity index (χ0v) is 14.7. The van der Waals surface area contributed by atoms with Crippen LogP contribution in [-0.2, 0) is 16.0 Å². The number of carbonyl (C=O) groups excluding carboxylic acids is 1. The van der Waals surface area contributed by atoms with Gasteiger partial charge in [-0.25, -0.2) is 4.98 Å². The first-order valence-corrected chi connectivity index (χ1v) is 7.55. The summed E-state index contributed by atoms with van der Waals surface area (Å²) >= 11 is 1.63. The first kappa shape index (κ1) is 20.6. The minimum absolute atomic E-state index is 0. The third-order valence-electron chi connectivity index (χ3n) is 3.50. The maximum Gasteiger partial charge on any atom is 0.240 e. The summed E-state index contributed by atoms with van der Waals surface area (Å²) in [6, 6.07) is -0.104. The average molecular weight is 356 g/mol. The van der Waals surface area contributed by atoms with Crippen LogP contribution in [0.15, 0.2) is 5.38 Å². The van der Waals surface area contributed by atoms with Gasteiger partial charge in [0.25, 0.3) is 0 Å². The van der Waals surface area contributed by atoms with Crippen molar-refractivity contribution in [2.75, 3.05) is 13.2 Å². The van der Waals surface area contributed by atoms with Gasteiger partial charge < -0.3 is 15.8 Å². The van der Waals surface area contributed by atoms with Crippen molar-refractivity contribution >= 4 is 42.1 Å². The van der Waals surface area contributed by atoms with Crippen molar-refractivity contribution in [3.8, 4) is 0 Å². The molecule has 0 spiro atoms. The van der Waals surface area contributed by atoms with Crippen LogP contribution >= 0.6 is 36.2 Å². The second-order valence-corrected chi connectivity index (χ2v) is 5.93. The number of aryl methyl sites for hydroxylation is 1. The normalized spacial score (nSPS) is 18.0. The summed E-state index contributed by atoms with van der Waals surface area (Å²) in [4.78, 5) is 16.8. The van der Waals surface area contributed by atoms with Crippen LogP contribution in [0, 0.1) is 0 Å². The zero-order valence-electron chi connectivity index (χ0n) is 12.3. The van der Waals surface area contributed by atoms with Crippen molar-refractivity contribution in [2.24, 2.45) is 5.73 Å². The Labute approximate surface area is 141 Å². The number of nitrogens with two attached hydrogens (primary N) is 1. The van der Waals surface area contributed by atoms with Crippen LogP contribution in [0.2, 0.25) is 0 Å². The second-order valence-electron chi connectivity index (χ2n) is 4.98.